The average Bonchev–Trinajstić information content (AvgIpc) is 2.68. The lowest BCUT2D eigenvalue weighted by Crippen LogP contribution is -2.05. The van der Waals surface area contributed by atoms with E-state index in [1.54, 1.807) is 0 Å². The maximum atomic E-state index is 5.95. The van der Waals surface area contributed by atoms with Gasteiger partial charge in [0.05, 0.1) is 14.9 Å². The third-order valence-electron chi connectivity index (χ3n) is 2.52. The number of nitrogens with two attached hydrogens (primary N) is 1. The van der Waals surface area contributed by atoms with E-state index in [-0.39, 0.29) is 5.92 Å². The zero-order chi connectivity index (χ0) is 12.6. The molecule has 0 aliphatic heterocycles. The van der Waals surface area contributed by atoms with Gasteiger partial charge < -0.3 is 5.73 Å². The highest BCUT2D eigenvalue weighted by molar-refractivity contribution is 7.19. The van der Waals surface area contributed by atoms with Crippen molar-refractivity contribution in [3.63, 3.8) is 0 Å². The monoisotopic (exact) mass is 267 g/mol. The third-order valence-corrected chi connectivity index (χ3v) is 3.76. The second-order valence-corrected chi connectivity index (χ2v) is 5.91. The van der Waals surface area contributed by atoms with E-state index in [2.05, 4.69) is 23.8 Å². The van der Waals surface area contributed by atoms with E-state index in [9.17, 15) is 0 Å². The van der Waals surface area contributed by atoms with Gasteiger partial charge in [-0.05, 0) is 19.1 Å². The first-order chi connectivity index (χ1) is 7.99. The van der Waals surface area contributed by atoms with Gasteiger partial charge in [0.2, 0.25) is 0 Å². The third kappa shape index (κ3) is 2.42. The minimum absolute atomic E-state index is 0.257. The van der Waals surface area contributed by atoms with Crippen molar-refractivity contribution in [1.82, 2.24) is 9.97 Å². The summed E-state index contributed by atoms with van der Waals surface area (Å²) in [5.74, 6) is 1.57. The standard InChI is InChI=1S/C12H14ClN3S/c1-6(2)12-15-10(7(3)11(14)16-12)8-4-5-9(13)17-8/h4-6H,1-3H3,(H2,14,15,16). The zero-order valence-corrected chi connectivity index (χ0v) is 11.6. The Bertz CT molecular complexity index is 549. The summed E-state index contributed by atoms with van der Waals surface area (Å²) in [6, 6.07) is 3.83. The Morgan fingerprint density at radius 3 is 2.53 bits per heavy atom. The second-order valence-electron chi connectivity index (χ2n) is 4.20. The number of nitrogens with zero attached hydrogens (tertiary/aromatic N) is 2. The van der Waals surface area contributed by atoms with Crippen LogP contribution in [0, 0.1) is 6.92 Å². The zero-order valence-electron chi connectivity index (χ0n) is 9.99. The summed E-state index contributed by atoms with van der Waals surface area (Å²) in [7, 11) is 0. The molecule has 0 atom stereocenters. The van der Waals surface area contributed by atoms with E-state index in [0.29, 0.717) is 5.82 Å². The van der Waals surface area contributed by atoms with Crippen molar-refractivity contribution in [2.75, 3.05) is 5.73 Å². The van der Waals surface area contributed by atoms with Gasteiger partial charge in [-0.25, -0.2) is 9.97 Å². The summed E-state index contributed by atoms with van der Waals surface area (Å²) >= 11 is 7.45. The Hall–Kier alpha value is -1.13. The van der Waals surface area contributed by atoms with Crippen molar-refractivity contribution >= 4 is 28.8 Å². The number of rotatable bonds is 2. The first kappa shape index (κ1) is 12.3. The molecule has 2 aromatic heterocycles. The molecule has 0 aliphatic rings. The van der Waals surface area contributed by atoms with Crippen molar-refractivity contribution in [1.29, 1.82) is 0 Å². The van der Waals surface area contributed by atoms with Gasteiger partial charge in [0.15, 0.2) is 0 Å². The molecule has 0 saturated heterocycles. The topological polar surface area (TPSA) is 51.8 Å². The molecule has 0 fully saturated rings. The van der Waals surface area contributed by atoms with Crippen LogP contribution in [0.1, 0.15) is 31.2 Å². The van der Waals surface area contributed by atoms with Crippen LogP contribution < -0.4 is 5.73 Å². The lowest BCUT2D eigenvalue weighted by atomic mass is 10.1. The summed E-state index contributed by atoms with van der Waals surface area (Å²) in [5, 5.41) is 0. The van der Waals surface area contributed by atoms with E-state index < -0.39 is 0 Å². The molecule has 2 rings (SSSR count). The van der Waals surface area contributed by atoms with Crippen LogP contribution in [0.4, 0.5) is 5.82 Å². The Balaban J connectivity index is 2.60. The fourth-order valence-corrected chi connectivity index (χ4v) is 2.58. The van der Waals surface area contributed by atoms with Crippen LogP contribution in [0.15, 0.2) is 12.1 Å². The fraction of sp³-hybridized carbons (Fsp3) is 0.333. The number of thiophene rings is 1. The molecule has 2 heterocycles. The molecule has 0 radical (unpaired) electrons. The summed E-state index contributed by atoms with van der Waals surface area (Å²) in [6.07, 6.45) is 0. The van der Waals surface area contributed by atoms with Gasteiger partial charge in [-0.2, -0.15) is 0 Å². The number of hydrogen-bond acceptors (Lipinski definition) is 4. The highest BCUT2D eigenvalue weighted by Gasteiger charge is 2.14. The molecule has 0 unspecified atom stereocenters. The molecule has 0 aromatic carbocycles. The molecular formula is C12H14ClN3S. The predicted octanol–water partition coefficient (Wildman–Crippen LogP) is 3.87. The molecule has 0 saturated carbocycles. The Kier molecular flexibility index (Phi) is 3.35. The summed E-state index contributed by atoms with van der Waals surface area (Å²) < 4.78 is 0.752. The summed E-state index contributed by atoms with van der Waals surface area (Å²) in [6.45, 7) is 6.03. The minimum Gasteiger partial charge on any atom is -0.383 e. The molecule has 0 bridgehead atoms. The molecule has 17 heavy (non-hydrogen) atoms. The summed E-state index contributed by atoms with van der Waals surface area (Å²) in [5.41, 5.74) is 7.72. The van der Waals surface area contributed by atoms with Crippen LogP contribution in [-0.2, 0) is 0 Å². The lowest BCUT2D eigenvalue weighted by molar-refractivity contribution is 0.776. The number of anilines is 1. The molecule has 0 spiro atoms. The lowest BCUT2D eigenvalue weighted by Gasteiger charge is -2.10. The van der Waals surface area contributed by atoms with Gasteiger partial charge in [-0.15, -0.1) is 11.3 Å². The van der Waals surface area contributed by atoms with E-state index in [4.69, 9.17) is 17.3 Å². The largest absolute Gasteiger partial charge is 0.383 e. The quantitative estimate of drug-likeness (QED) is 0.899. The van der Waals surface area contributed by atoms with E-state index in [0.717, 1.165) is 26.3 Å². The van der Waals surface area contributed by atoms with Gasteiger partial charge in [0, 0.05) is 11.5 Å². The smallest absolute Gasteiger partial charge is 0.133 e. The molecule has 2 N–H and O–H groups in total. The first-order valence-electron chi connectivity index (χ1n) is 5.38. The van der Waals surface area contributed by atoms with Crippen LogP contribution in [-0.4, -0.2) is 9.97 Å². The second kappa shape index (κ2) is 4.63. The molecule has 90 valence electrons. The highest BCUT2D eigenvalue weighted by Crippen LogP contribution is 2.33. The fourth-order valence-electron chi connectivity index (χ4n) is 1.49. The van der Waals surface area contributed by atoms with Crippen LogP contribution in [0.3, 0.4) is 0 Å². The van der Waals surface area contributed by atoms with Crippen molar-refractivity contribution in [3.05, 3.63) is 27.9 Å². The molecule has 0 aliphatic carbocycles. The first-order valence-corrected chi connectivity index (χ1v) is 6.58. The number of halogens is 1. The van der Waals surface area contributed by atoms with Crippen LogP contribution >= 0.6 is 22.9 Å². The van der Waals surface area contributed by atoms with Gasteiger partial charge in [-0.3, -0.25) is 0 Å². The average molecular weight is 268 g/mol. The van der Waals surface area contributed by atoms with Crippen molar-refractivity contribution in [3.8, 4) is 10.6 Å². The molecular weight excluding hydrogens is 254 g/mol. The minimum atomic E-state index is 0.257. The van der Waals surface area contributed by atoms with Crippen LogP contribution in [0.5, 0.6) is 0 Å². The van der Waals surface area contributed by atoms with Gasteiger partial charge in [-0.1, -0.05) is 25.4 Å². The van der Waals surface area contributed by atoms with E-state index in [1.165, 1.54) is 11.3 Å². The summed E-state index contributed by atoms with van der Waals surface area (Å²) in [4.78, 5) is 9.91. The van der Waals surface area contributed by atoms with Crippen LogP contribution in [0.2, 0.25) is 4.34 Å². The molecule has 2 aromatic rings. The predicted molar refractivity (Wildman–Crippen MR) is 73.6 cm³/mol. The molecule has 0 amide bonds. The Morgan fingerprint density at radius 1 is 1.29 bits per heavy atom. The van der Waals surface area contributed by atoms with E-state index >= 15 is 0 Å². The van der Waals surface area contributed by atoms with Gasteiger partial charge >= 0.3 is 0 Å². The number of hydrogen-bond donors (Lipinski definition) is 1. The number of aromatic nitrogens is 2. The van der Waals surface area contributed by atoms with Crippen molar-refractivity contribution in [2.45, 2.75) is 26.7 Å². The SMILES string of the molecule is Cc1c(N)nc(C(C)C)nc1-c1ccc(Cl)s1. The van der Waals surface area contributed by atoms with E-state index in [1.807, 2.05) is 19.1 Å². The maximum Gasteiger partial charge on any atom is 0.133 e. The number of nitrogen functional groups attached to an aromatic ring is 1. The van der Waals surface area contributed by atoms with Crippen LogP contribution in [0.25, 0.3) is 10.6 Å². The van der Waals surface area contributed by atoms with Crippen molar-refractivity contribution < 1.29 is 0 Å². The highest BCUT2D eigenvalue weighted by atomic mass is 35.5. The van der Waals surface area contributed by atoms with Gasteiger partial charge in [0.25, 0.3) is 0 Å². The molecule has 3 nitrogen and oxygen atoms in total. The Morgan fingerprint density at radius 2 is 2.00 bits per heavy atom. The van der Waals surface area contributed by atoms with Gasteiger partial charge in [0.1, 0.15) is 11.6 Å². The normalized spacial score (nSPS) is 11.1. The molecule has 5 heteroatoms. The Labute approximate surface area is 110 Å². The maximum absolute atomic E-state index is 5.95. The van der Waals surface area contributed by atoms with Crippen molar-refractivity contribution in [2.24, 2.45) is 0 Å².